The Hall–Kier alpha value is -2.30. The van der Waals surface area contributed by atoms with E-state index in [9.17, 15) is 4.79 Å². The molecule has 1 heterocycles. The molecule has 0 radical (unpaired) electrons. The fourth-order valence-electron chi connectivity index (χ4n) is 2.08. The molecule has 5 nitrogen and oxygen atoms in total. The molecular formula is C17H23N3O2. The normalized spacial score (nSPS) is 10.5. The number of nitrogens with zero attached hydrogens (tertiary/aromatic N) is 1. The van der Waals surface area contributed by atoms with Gasteiger partial charge >= 0.3 is 6.03 Å². The Labute approximate surface area is 131 Å². The van der Waals surface area contributed by atoms with E-state index in [1.807, 2.05) is 38.1 Å². The van der Waals surface area contributed by atoms with Crippen molar-refractivity contribution < 1.29 is 9.21 Å². The molecule has 2 amide bonds. The van der Waals surface area contributed by atoms with E-state index in [2.05, 4.69) is 22.5 Å². The lowest BCUT2D eigenvalue weighted by Gasteiger charge is -2.08. The number of hydrogen-bond donors (Lipinski definition) is 2. The third kappa shape index (κ3) is 4.35. The Morgan fingerprint density at radius 2 is 2.09 bits per heavy atom. The van der Waals surface area contributed by atoms with Gasteiger partial charge in [-0.1, -0.05) is 25.8 Å². The number of benzene rings is 1. The Morgan fingerprint density at radius 1 is 1.27 bits per heavy atom. The molecule has 0 fully saturated rings. The first-order valence-corrected chi connectivity index (χ1v) is 7.69. The largest absolute Gasteiger partial charge is 0.441 e. The van der Waals surface area contributed by atoms with Crippen molar-refractivity contribution in [1.82, 2.24) is 10.3 Å². The summed E-state index contributed by atoms with van der Waals surface area (Å²) in [5.41, 5.74) is 2.45. The number of rotatable bonds is 6. The van der Waals surface area contributed by atoms with Gasteiger partial charge in [-0.25, -0.2) is 9.78 Å². The van der Waals surface area contributed by atoms with E-state index in [0.29, 0.717) is 12.4 Å². The summed E-state index contributed by atoms with van der Waals surface area (Å²) in [6, 6.07) is 7.30. The number of carbonyl (C=O) groups is 1. The summed E-state index contributed by atoms with van der Waals surface area (Å²) in [4.78, 5) is 16.2. The number of carbonyl (C=O) groups excluding carboxylic acids is 1. The average molecular weight is 301 g/mol. The van der Waals surface area contributed by atoms with Gasteiger partial charge in [-0.05, 0) is 38.5 Å². The van der Waals surface area contributed by atoms with Gasteiger partial charge in [0.1, 0.15) is 5.76 Å². The van der Waals surface area contributed by atoms with Gasteiger partial charge in [-0.3, -0.25) is 0 Å². The number of urea groups is 1. The van der Waals surface area contributed by atoms with E-state index >= 15 is 0 Å². The molecule has 0 atom stereocenters. The van der Waals surface area contributed by atoms with Crippen molar-refractivity contribution in [2.24, 2.45) is 0 Å². The number of unbranched alkanes of at least 4 members (excludes halogenated alkanes) is 2. The molecule has 2 rings (SSSR count). The second-order valence-corrected chi connectivity index (χ2v) is 5.33. The van der Waals surface area contributed by atoms with E-state index in [0.717, 1.165) is 42.0 Å². The Balaban J connectivity index is 1.98. The Bertz CT molecular complexity index is 615. The number of aromatic nitrogens is 1. The minimum atomic E-state index is -0.187. The number of nitrogens with one attached hydrogen (secondary N) is 2. The highest BCUT2D eigenvalue weighted by Gasteiger charge is 2.09. The molecule has 0 bridgehead atoms. The highest BCUT2D eigenvalue weighted by atomic mass is 16.4. The number of amides is 2. The lowest BCUT2D eigenvalue weighted by atomic mass is 10.2. The van der Waals surface area contributed by atoms with Crippen LogP contribution in [0.1, 0.15) is 37.6 Å². The van der Waals surface area contributed by atoms with Gasteiger partial charge < -0.3 is 15.1 Å². The van der Waals surface area contributed by atoms with Crippen LogP contribution in [0.15, 0.2) is 28.7 Å². The SMILES string of the molecule is CCCCCNC(=O)Nc1cccc(-c2nc(C)c(C)o2)c1. The number of oxazole rings is 1. The summed E-state index contributed by atoms with van der Waals surface area (Å²) in [5, 5.41) is 5.68. The van der Waals surface area contributed by atoms with E-state index in [4.69, 9.17) is 4.42 Å². The predicted octanol–water partition coefficient (Wildman–Crippen LogP) is 4.27. The molecule has 0 aliphatic rings. The maximum absolute atomic E-state index is 11.8. The van der Waals surface area contributed by atoms with Gasteiger partial charge in [-0.2, -0.15) is 0 Å². The van der Waals surface area contributed by atoms with Crippen LogP contribution >= 0.6 is 0 Å². The first kappa shape index (κ1) is 16.1. The minimum absolute atomic E-state index is 0.187. The quantitative estimate of drug-likeness (QED) is 0.783. The van der Waals surface area contributed by atoms with Crippen LogP contribution in [-0.4, -0.2) is 17.6 Å². The van der Waals surface area contributed by atoms with Crippen LogP contribution < -0.4 is 10.6 Å². The third-order valence-electron chi connectivity index (χ3n) is 3.46. The Kier molecular flexibility index (Phi) is 5.58. The topological polar surface area (TPSA) is 67.2 Å². The molecule has 2 N–H and O–H groups in total. The minimum Gasteiger partial charge on any atom is -0.441 e. The lowest BCUT2D eigenvalue weighted by Crippen LogP contribution is -2.29. The molecule has 2 aromatic rings. The summed E-state index contributed by atoms with van der Waals surface area (Å²) in [7, 11) is 0. The monoisotopic (exact) mass is 301 g/mol. The smallest absolute Gasteiger partial charge is 0.319 e. The summed E-state index contributed by atoms with van der Waals surface area (Å²) in [5.74, 6) is 1.38. The van der Waals surface area contributed by atoms with Crippen LogP contribution in [0.2, 0.25) is 0 Å². The van der Waals surface area contributed by atoms with Gasteiger partial charge in [0.25, 0.3) is 0 Å². The van der Waals surface area contributed by atoms with Gasteiger partial charge in [0.15, 0.2) is 0 Å². The van der Waals surface area contributed by atoms with E-state index in [-0.39, 0.29) is 6.03 Å². The van der Waals surface area contributed by atoms with Crippen molar-refractivity contribution in [3.63, 3.8) is 0 Å². The fourth-order valence-corrected chi connectivity index (χ4v) is 2.08. The molecule has 0 spiro atoms. The molecule has 1 aromatic heterocycles. The third-order valence-corrected chi connectivity index (χ3v) is 3.46. The molecule has 0 saturated carbocycles. The van der Waals surface area contributed by atoms with Gasteiger partial charge in [0.2, 0.25) is 5.89 Å². The molecule has 1 aromatic carbocycles. The maximum Gasteiger partial charge on any atom is 0.319 e. The zero-order valence-electron chi connectivity index (χ0n) is 13.4. The standard InChI is InChI=1S/C17H23N3O2/c1-4-5-6-10-18-17(21)20-15-9-7-8-14(11-15)16-19-12(2)13(3)22-16/h7-9,11H,4-6,10H2,1-3H3,(H2,18,20,21). The second-order valence-electron chi connectivity index (χ2n) is 5.33. The number of aryl methyl sites for hydroxylation is 2. The first-order valence-electron chi connectivity index (χ1n) is 7.69. The summed E-state index contributed by atoms with van der Waals surface area (Å²) in [6.07, 6.45) is 3.26. The molecule has 5 heteroatoms. The highest BCUT2D eigenvalue weighted by molar-refractivity contribution is 5.89. The van der Waals surface area contributed by atoms with Crippen LogP contribution in [0, 0.1) is 13.8 Å². The van der Waals surface area contributed by atoms with Crippen LogP contribution in [0.4, 0.5) is 10.5 Å². The van der Waals surface area contributed by atoms with Crippen LogP contribution in [-0.2, 0) is 0 Å². The van der Waals surface area contributed by atoms with E-state index < -0.39 is 0 Å². The highest BCUT2D eigenvalue weighted by Crippen LogP contribution is 2.23. The first-order chi connectivity index (χ1) is 10.6. The lowest BCUT2D eigenvalue weighted by molar-refractivity contribution is 0.252. The molecule has 0 aliphatic heterocycles. The van der Waals surface area contributed by atoms with Crippen molar-refractivity contribution >= 4 is 11.7 Å². The predicted molar refractivity (Wildman–Crippen MR) is 88.0 cm³/mol. The van der Waals surface area contributed by atoms with Crippen molar-refractivity contribution in [3.05, 3.63) is 35.7 Å². The average Bonchev–Trinajstić information content (AvgIpc) is 2.84. The molecule has 0 aliphatic carbocycles. The molecule has 0 unspecified atom stereocenters. The second kappa shape index (κ2) is 7.64. The zero-order valence-corrected chi connectivity index (χ0v) is 13.4. The molecule has 22 heavy (non-hydrogen) atoms. The summed E-state index contributed by atoms with van der Waals surface area (Å²) < 4.78 is 5.61. The number of hydrogen-bond acceptors (Lipinski definition) is 3. The Morgan fingerprint density at radius 3 is 2.77 bits per heavy atom. The van der Waals surface area contributed by atoms with Gasteiger partial charge in [0, 0.05) is 17.8 Å². The summed E-state index contributed by atoms with van der Waals surface area (Å²) >= 11 is 0. The van der Waals surface area contributed by atoms with Crippen LogP contribution in [0.25, 0.3) is 11.5 Å². The van der Waals surface area contributed by atoms with Crippen molar-refractivity contribution in [3.8, 4) is 11.5 Å². The maximum atomic E-state index is 11.8. The van der Waals surface area contributed by atoms with Crippen LogP contribution in [0.5, 0.6) is 0 Å². The van der Waals surface area contributed by atoms with Crippen LogP contribution in [0.3, 0.4) is 0 Å². The fraction of sp³-hybridized carbons (Fsp3) is 0.412. The van der Waals surface area contributed by atoms with E-state index in [1.165, 1.54) is 0 Å². The van der Waals surface area contributed by atoms with Crippen molar-refractivity contribution in [1.29, 1.82) is 0 Å². The molecule has 0 saturated heterocycles. The molecular weight excluding hydrogens is 278 g/mol. The number of anilines is 1. The van der Waals surface area contributed by atoms with Crippen molar-refractivity contribution in [2.75, 3.05) is 11.9 Å². The van der Waals surface area contributed by atoms with E-state index in [1.54, 1.807) is 0 Å². The van der Waals surface area contributed by atoms with Gasteiger partial charge in [-0.15, -0.1) is 0 Å². The van der Waals surface area contributed by atoms with Crippen molar-refractivity contribution in [2.45, 2.75) is 40.0 Å². The summed E-state index contributed by atoms with van der Waals surface area (Å²) in [6.45, 7) is 6.63. The zero-order chi connectivity index (χ0) is 15.9. The molecule has 118 valence electrons. The van der Waals surface area contributed by atoms with Gasteiger partial charge in [0.05, 0.1) is 5.69 Å².